The maximum Gasteiger partial charge on any atom is 0.228 e. The van der Waals surface area contributed by atoms with Gasteiger partial charge in [0.05, 0.1) is 12.4 Å². The summed E-state index contributed by atoms with van der Waals surface area (Å²) in [5, 5.41) is 17.5. The minimum atomic E-state index is 0.0112. The zero-order valence-corrected chi connectivity index (χ0v) is 26.9. The molecule has 12 heteroatoms. The van der Waals surface area contributed by atoms with E-state index in [1.54, 1.807) is 22.8 Å². The van der Waals surface area contributed by atoms with Gasteiger partial charge in [-0.1, -0.05) is 30.3 Å². The van der Waals surface area contributed by atoms with Gasteiger partial charge >= 0.3 is 0 Å². The molecule has 4 aromatic rings. The largest absolute Gasteiger partial charge is 0.353 e. The normalized spacial score (nSPS) is 18.4. The third kappa shape index (κ3) is 7.57. The Balaban J connectivity index is 1.15. The Bertz CT molecular complexity index is 1730. The molecule has 2 aliphatic rings. The van der Waals surface area contributed by atoms with Crippen LogP contribution in [-0.2, 0) is 23.1 Å². The van der Waals surface area contributed by atoms with Gasteiger partial charge in [-0.2, -0.15) is 15.3 Å². The Hall–Kier alpha value is -5.31. The molecule has 0 radical (unpaired) electrons. The SMILES string of the molecule is CN1CCN(c2nc(N[C@H]3CC[C@H](N(C(=O)CCc4ccccc4)c4ccc(-c5cnn(C)c5)cn4)CC3)ncc2C#N)CCC1=O. The van der Waals surface area contributed by atoms with Gasteiger partial charge in [-0.05, 0) is 49.8 Å². The van der Waals surface area contributed by atoms with Gasteiger partial charge in [0.25, 0.3) is 0 Å². The van der Waals surface area contributed by atoms with Crippen LogP contribution in [-0.4, -0.2) is 80.2 Å². The number of benzene rings is 1. The average Bonchev–Trinajstić information content (AvgIpc) is 3.47. The highest BCUT2D eigenvalue weighted by Gasteiger charge is 2.31. The maximum atomic E-state index is 13.8. The van der Waals surface area contributed by atoms with E-state index in [0.29, 0.717) is 62.0 Å². The summed E-state index contributed by atoms with van der Waals surface area (Å²) >= 11 is 0. The molecular formula is C35H40N10O2. The van der Waals surface area contributed by atoms with Gasteiger partial charge in [0.1, 0.15) is 17.5 Å². The molecule has 6 rings (SSSR count). The predicted octanol–water partition coefficient (Wildman–Crippen LogP) is 4.20. The number of anilines is 3. The number of aryl methyl sites for hydroxylation is 2. The lowest BCUT2D eigenvalue weighted by Crippen LogP contribution is -2.45. The molecule has 1 aliphatic carbocycles. The quantitative estimate of drug-likeness (QED) is 0.288. The summed E-state index contributed by atoms with van der Waals surface area (Å²) in [6.45, 7) is 1.68. The van der Waals surface area contributed by atoms with E-state index in [4.69, 9.17) is 9.97 Å². The first-order valence-electron chi connectivity index (χ1n) is 16.2. The van der Waals surface area contributed by atoms with Crippen molar-refractivity contribution >= 4 is 29.4 Å². The van der Waals surface area contributed by atoms with Crippen molar-refractivity contribution in [3.05, 3.63) is 78.4 Å². The lowest BCUT2D eigenvalue weighted by atomic mass is 9.89. The molecule has 2 amide bonds. The number of nitriles is 1. The molecule has 47 heavy (non-hydrogen) atoms. The van der Waals surface area contributed by atoms with Crippen LogP contribution in [0.5, 0.6) is 0 Å². The van der Waals surface area contributed by atoms with Crippen LogP contribution < -0.4 is 15.1 Å². The molecule has 0 unspecified atom stereocenters. The first kappa shape index (κ1) is 31.7. The standard InChI is InChI=1S/C35H40N10O2/c1-42-18-19-44(17-16-32(42)46)34-27(20-36)22-38-35(41-34)40-29-10-12-30(13-11-29)45(33(47)15-8-25-6-4-3-5-7-25)31-14-9-26(21-37-31)28-23-39-43(2)24-28/h3-7,9,14,21-24,29-30H,8,10-13,15-19H2,1-2H3,(H,38,40,41)/t29-,30-. The fourth-order valence-electron chi connectivity index (χ4n) is 6.37. The van der Waals surface area contributed by atoms with Gasteiger partial charge in [-0.25, -0.2) is 9.97 Å². The van der Waals surface area contributed by atoms with E-state index in [2.05, 4.69) is 33.6 Å². The van der Waals surface area contributed by atoms with E-state index in [0.717, 1.165) is 42.4 Å². The van der Waals surface area contributed by atoms with Gasteiger partial charge in [-0.3, -0.25) is 19.2 Å². The lowest BCUT2D eigenvalue weighted by Gasteiger charge is -2.36. The number of carbonyl (C=O) groups excluding carboxylic acids is 2. The number of nitrogens with one attached hydrogen (secondary N) is 1. The lowest BCUT2D eigenvalue weighted by molar-refractivity contribution is -0.129. The summed E-state index contributed by atoms with van der Waals surface area (Å²) in [6, 6.07) is 16.4. The van der Waals surface area contributed by atoms with Crippen LogP contribution in [0.1, 0.15) is 49.7 Å². The van der Waals surface area contributed by atoms with Crippen molar-refractivity contribution in [1.29, 1.82) is 5.26 Å². The molecule has 3 aromatic heterocycles. The molecule has 1 aromatic carbocycles. The van der Waals surface area contributed by atoms with Crippen molar-refractivity contribution in [2.75, 3.05) is 41.8 Å². The van der Waals surface area contributed by atoms with Crippen LogP contribution in [0.2, 0.25) is 0 Å². The summed E-state index contributed by atoms with van der Waals surface area (Å²) in [6.07, 6.45) is 11.8. The third-order valence-electron chi connectivity index (χ3n) is 9.08. The fraction of sp³-hybridized carbons (Fsp3) is 0.400. The maximum absolute atomic E-state index is 13.8. The molecule has 1 saturated carbocycles. The number of aromatic nitrogens is 5. The molecule has 12 nitrogen and oxygen atoms in total. The zero-order valence-electron chi connectivity index (χ0n) is 26.9. The number of pyridine rings is 1. The van der Waals surface area contributed by atoms with Crippen LogP contribution in [0.4, 0.5) is 17.6 Å². The van der Waals surface area contributed by atoms with Gasteiger partial charge in [0.2, 0.25) is 17.8 Å². The van der Waals surface area contributed by atoms with Crippen LogP contribution in [0.15, 0.2) is 67.3 Å². The smallest absolute Gasteiger partial charge is 0.228 e. The van der Waals surface area contributed by atoms with Gasteiger partial charge in [0.15, 0.2) is 5.82 Å². The Morgan fingerprint density at radius 3 is 2.49 bits per heavy atom. The number of likely N-dealkylation sites (N-methyl/N-ethyl adjacent to an activating group) is 1. The van der Waals surface area contributed by atoms with Gasteiger partial charge in [-0.15, -0.1) is 0 Å². The molecule has 1 aliphatic heterocycles. The third-order valence-corrected chi connectivity index (χ3v) is 9.08. The monoisotopic (exact) mass is 632 g/mol. The second-order valence-corrected chi connectivity index (χ2v) is 12.3. The Labute approximate surface area is 275 Å². The van der Waals surface area contributed by atoms with Crippen molar-refractivity contribution in [3.8, 4) is 17.2 Å². The molecule has 242 valence electrons. The summed E-state index contributed by atoms with van der Waals surface area (Å²) in [5.74, 6) is 1.83. The highest BCUT2D eigenvalue weighted by Crippen LogP contribution is 2.31. The van der Waals surface area contributed by atoms with Crippen molar-refractivity contribution in [2.24, 2.45) is 7.05 Å². The van der Waals surface area contributed by atoms with Crippen LogP contribution in [0.25, 0.3) is 11.1 Å². The van der Waals surface area contributed by atoms with Crippen molar-refractivity contribution in [2.45, 2.75) is 57.0 Å². The van der Waals surface area contributed by atoms with E-state index in [9.17, 15) is 14.9 Å². The summed E-state index contributed by atoms with van der Waals surface area (Å²) in [4.78, 5) is 45.6. The van der Waals surface area contributed by atoms with Crippen molar-refractivity contribution in [1.82, 2.24) is 29.6 Å². The van der Waals surface area contributed by atoms with E-state index in [-0.39, 0.29) is 23.9 Å². The number of amides is 2. The second kappa shape index (κ2) is 14.4. The van der Waals surface area contributed by atoms with Gasteiger partial charge in [0, 0.05) is 82.2 Å². The molecule has 1 saturated heterocycles. The second-order valence-electron chi connectivity index (χ2n) is 12.3. The minimum absolute atomic E-state index is 0.0112. The van der Waals surface area contributed by atoms with Gasteiger partial charge < -0.3 is 15.1 Å². The number of carbonyl (C=O) groups is 2. The van der Waals surface area contributed by atoms with Crippen LogP contribution in [0, 0.1) is 11.3 Å². The molecular weight excluding hydrogens is 592 g/mol. The van der Waals surface area contributed by atoms with Crippen molar-refractivity contribution in [3.63, 3.8) is 0 Å². The first-order valence-corrected chi connectivity index (χ1v) is 16.2. The molecule has 0 bridgehead atoms. The minimum Gasteiger partial charge on any atom is -0.353 e. The molecule has 0 spiro atoms. The number of nitrogens with zero attached hydrogens (tertiary/aromatic N) is 9. The van der Waals surface area contributed by atoms with Crippen LogP contribution >= 0.6 is 0 Å². The Morgan fingerprint density at radius 2 is 1.79 bits per heavy atom. The number of hydrogen-bond acceptors (Lipinski definition) is 9. The topological polar surface area (TPSA) is 136 Å². The van der Waals surface area contributed by atoms with E-state index in [1.807, 2.05) is 65.8 Å². The van der Waals surface area contributed by atoms with Crippen LogP contribution in [0.3, 0.4) is 0 Å². The number of hydrogen-bond donors (Lipinski definition) is 1. The zero-order chi connectivity index (χ0) is 32.8. The first-order chi connectivity index (χ1) is 22.9. The van der Waals surface area contributed by atoms with Crippen molar-refractivity contribution < 1.29 is 9.59 Å². The summed E-state index contributed by atoms with van der Waals surface area (Å²) in [5.41, 5.74) is 3.45. The highest BCUT2D eigenvalue weighted by atomic mass is 16.2. The fourth-order valence-corrected chi connectivity index (χ4v) is 6.37. The summed E-state index contributed by atoms with van der Waals surface area (Å²) < 4.78 is 1.76. The Morgan fingerprint density at radius 1 is 0.979 bits per heavy atom. The van der Waals surface area contributed by atoms with E-state index >= 15 is 0 Å². The average molecular weight is 633 g/mol. The molecule has 1 N–H and O–H groups in total. The molecule has 2 fully saturated rings. The predicted molar refractivity (Wildman–Crippen MR) is 180 cm³/mol. The summed E-state index contributed by atoms with van der Waals surface area (Å²) in [7, 11) is 3.68. The van der Waals surface area contributed by atoms with E-state index < -0.39 is 0 Å². The molecule has 0 atom stereocenters. The molecule has 4 heterocycles. The highest BCUT2D eigenvalue weighted by molar-refractivity contribution is 5.93. The Kier molecular flexibility index (Phi) is 9.71. The van der Waals surface area contributed by atoms with E-state index in [1.165, 1.54) is 0 Å². The number of rotatable bonds is 9.